The molecule has 0 aliphatic rings. The van der Waals surface area contributed by atoms with Crippen LogP contribution in [0.1, 0.15) is 31.5 Å². The van der Waals surface area contributed by atoms with E-state index in [4.69, 9.17) is 18.9 Å². The van der Waals surface area contributed by atoms with Gasteiger partial charge in [-0.25, -0.2) is 14.4 Å². The fraction of sp³-hybridized carbons (Fsp3) is 0.286. The van der Waals surface area contributed by atoms with Crippen molar-refractivity contribution in [1.29, 1.82) is 0 Å². The second-order valence-corrected chi connectivity index (χ2v) is 12.5. The van der Waals surface area contributed by atoms with Crippen LogP contribution in [0.3, 0.4) is 0 Å². The number of hydrogen-bond donors (Lipinski definition) is 1. The van der Waals surface area contributed by atoms with Gasteiger partial charge in [-0.05, 0) is 23.8 Å². The monoisotopic (exact) mass is 860 g/mol. The van der Waals surface area contributed by atoms with Crippen molar-refractivity contribution in [3.05, 3.63) is 126 Å². The lowest BCUT2D eigenvalue weighted by molar-refractivity contribution is 0.0577. The van der Waals surface area contributed by atoms with Gasteiger partial charge in [0.15, 0.2) is 5.69 Å². The van der Waals surface area contributed by atoms with Crippen molar-refractivity contribution < 1.29 is 42.8 Å². The maximum absolute atomic E-state index is 11.7. The van der Waals surface area contributed by atoms with E-state index in [0.29, 0.717) is 43.4 Å². The number of carbonyl (C=O) groups is 3. The molecule has 58 heavy (non-hydrogen) atoms. The van der Waals surface area contributed by atoms with Crippen molar-refractivity contribution in [3.63, 3.8) is 0 Å². The minimum Gasteiger partial charge on any atom is -0.464 e. The minimum absolute atomic E-state index is 0.303. The molecule has 1 N–H and O–H groups in total. The SMILES string of the molecule is COC(=O)c1cc(-c2ccccc2)n[nH]1.COCCBr.COCCn1nc(-c2ccccc2)cc1C(=O)OC.COCCn1nc(C(=O)OC)cc1-c1ccccc1. The fourth-order valence-corrected chi connectivity index (χ4v) is 5.29. The van der Waals surface area contributed by atoms with E-state index in [0.717, 1.165) is 45.7 Å². The number of alkyl halides is 1. The molecular formula is C42H49BrN6O9. The number of H-pyrrole nitrogens is 1. The molecule has 0 spiro atoms. The first-order valence-corrected chi connectivity index (χ1v) is 19.0. The van der Waals surface area contributed by atoms with E-state index in [1.165, 1.54) is 21.3 Å². The van der Waals surface area contributed by atoms with Crippen molar-refractivity contribution in [2.75, 3.05) is 67.8 Å². The second kappa shape index (κ2) is 26.1. The summed E-state index contributed by atoms with van der Waals surface area (Å²) in [5, 5.41) is 16.3. The second-order valence-electron chi connectivity index (χ2n) is 11.7. The van der Waals surface area contributed by atoms with Gasteiger partial charge in [0.2, 0.25) is 0 Å². The summed E-state index contributed by atoms with van der Waals surface area (Å²) in [7, 11) is 8.97. The average molecular weight is 862 g/mol. The summed E-state index contributed by atoms with van der Waals surface area (Å²) >= 11 is 3.18. The number of benzene rings is 3. The smallest absolute Gasteiger partial charge is 0.358 e. The van der Waals surface area contributed by atoms with E-state index in [1.54, 1.807) is 48.9 Å². The quantitative estimate of drug-likeness (QED) is 0.0687. The molecule has 0 aliphatic heterocycles. The number of carbonyl (C=O) groups excluding carboxylic acids is 3. The lowest BCUT2D eigenvalue weighted by Crippen LogP contribution is -2.14. The first-order valence-electron chi connectivity index (χ1n) is 17.9. The van der Waals surface area contributed by atoms with Crippen LogP contribution in [0.4, 0.5) is 0 Å². The van der Waals surface area contributed by atoms with Gasteiger partial charge < -0.3 is 28.4 Å². The van der Waals surface area contributed by atoms with Crippen molar-refractivity contribution in [2.45, 2.75) is 13.1 Å². The van der Waals surface area contributed by atoms with E-state index in [2.05, 4.69) is 45.8 Å². The number of halogens is 1. The molecule has 0 aliphatic carbocycles. The molecule has 0 saturated heterocycles. The van der Waals surface area contributed by atoms with Crippen molar-refractivity contribution >= 4 is 33.8 Å². The Morgan fingerprint density at radius 3 is 1.55 bits per heavy atom. The number of methoxy groups -OCH3 is 6. The van der Waals surface area contributed by atoms with Crippen LogP contribution < -0.4 is 0 Å². The summed E-state index contributed by atoms with van der Waals surface area (Å²) < 4.78 is 32.1. The van der Waals surface area contributed by atoms with Crippen LogP contribution in [0.5, 0.6) is 0 Å². The molecule has 3 heterocycles. The van der Waals surface area contributed by atoms with Crippen molar-refractivity contribution in [2.24, 2.45) is 0 Å². The average Bonchev–Trinajstić information content (AvgIpc) is 4.06. The molecule has 0 saturated carbocycles. The van der Waals surface area contributed by atoms with Gasteiger partial charge in [0.05, 0.1) is 71.3 Å². The molecule has 0 radical (unpaired) electrons. The number of esters is 3. The van der Waals surface area contributed by atoms with Crippen LogP contribution in [-0.4, -0.2) is 115 Å². The van der Waals surface area contributed by atoms with Gasteiger partial charge >= 0.3 is 17.9 Å². The summed E-state index contributed by atoms with van der Waals surface area (Å²) in [6.45, 7) is 2.91. The highest BCUT2D eigenvalue weighted by molar-refractivity contribution is 9.09. The van der Waals surface area contributed by atoms with E-state index in [9.17, 15) is 14.4 Å². The number of hydrogen-bond acceptors (Lipinski definition) is 12. The zero-order chi connectivity index (χ0) is 42.1. The highest BCUT2D eigenvalue weighted by atomic mass is 79.9. The van der Waals surface area contributed by atoms with Gasteiger partial charge in [-0.1, -0.05) is 107 Å². The zero-order valence-electron chi connectivity index (χ0n) is 33.4. The van der Waals surface area contributed by atoms with E-state index in [1.807, 2.05) is 91.0 Å². The van der Waals surface area contributed by atoms with Gasteiger partial charge in [-0.15, -0.1) is 0 Å². The molecule has 308 valence electrons. The highest BCUT2D eigenvalue weighted by Crippen LogP contribution is 2.22. The Kier molecular flexibility index (Phi) is 20.9. The molecule has 0 fully saturated rings. The Balaban J connectivity index is 0.000000221. The third-order valence-corrected chi connectivity index (χ3v) is 8.16. The zero-order valence-corrected chi connectivity index (χ0v) is 35.0. The third kappa shape index (κ3) is 14.5. The number of nitrogens with zero attached hydrogens (tertiary/aromatic N) is 5. The van der Waals surface area contributed by atoms with Gasteiger partial charge in [0, 0.05) is 37.8 Å². The van der Waals surface area contributed by atoms with Crippen LogP contribution in [0, 0.1) is 0 Å². The maximum atomic E-state index is 11.7. The van der Waals surface area contributed by atoms with Crippen molar-refractivity contribution in [1.82, 2.24) is 29.8 Å². The lowest BCUT2D eigenvalue weighted by Gasteiger charge is -2.06. The number of aromatic nitrogens is 6. The molecule has 0 atom stereocenters. The Morgan fingerprint density at radius 2 is 1.07 bits per heavy atom. The van der Waals surface area contributed by atoms with Crippen LogP contribution in [-0.2, 0) is 41.5 Å². The Hall–Kier alpha value is -5.94. The number of aromatic amines is 1. The van der Waals surface area contributed by atoms with Gasteiger partial charge in [-0.2, -0.15) is 15.3 Å². The Bertz CT molecular complexity index is 2090. The van der Waals surface area contributed by atoms with Gasteiger partial charge in [-0.3, -0.25) is 14.5 Å². The van der Waals surface area contributed by atoms with Gasteiger partial charge in [0.1, 0.15) is 11.4 Å². The predicted molar refractivity (Wildman–Crippen MR) is 223 cm³/mol. The highest BCUT2D eigenvalue weighted by Gasteiger charge is 2.17. The molecule has 6 rings (SSSR count). The number of ether oxygens (including phenoxy) is 6. The summed E-state index contributed by atoms with van der Waals surface area (Å²) in [4.78, 5) is 34.4. The largest absolute Gasteiger partial charge is 0.464 e. The predicted octanol–water partition coefficient (Wildman–Crippen LogP) is 6.86. The Morgan fingerprint density at radius 1 is 0.569 bits per heavy atom. The summed E-state index contributed by atoms with van der Waals surface area (Å²) in [5.41, 5.74) is 6.37. The normalized spacial score (nSPS) is 10.1. The summed E-state index contributed by atoms with van der Waals surface area (Å²) in [6.07, 6.45) is 0. The molecule has 0 amide bonds. The maximum Gasteiger partial charge on any atom is 0.358 e. The molecular weight excluding hydrogens is 812 g/mol. The molecule has 3 aromatic carbocycles. The van der Waals surface area contributed by atoms with E-state index >= 15 is 0 Å². The van der Waals surface area contributed by atoms with Gasteiger partial charge in [0.25, 0.3) is 0 Å². The fourth-order valence-electron chi connectivity index (χ4n) is 4.96. The Labute approximate surface area is 346 Å². The first kappa shape index (κ1) is 46.4. The van der Waals surface area contributed by atoms with Crippen molar-refractivity contribution in [3.8, 4) is 33.8 Å². The lowest BCUT2D eigenvalue weighted by atomic mass is 10.1. The van der Waals surface area contributed by atoms with E-state index < -0.39 is 17.9 Å². The minimum atomic E-state index is -0.437. The third-order valence-electron chi connectivity index (χ3n) is 7.84. The number of nitrogens with one attached hydrogen (secondary N) is 1. The molecule has 6 aromatic rings. The topological polar surface area (TPSA) is 171 Å². The number of rotatable bonds is 14. The first-order chi connectivity index (χ1) is 28.2. The van der Waals surface area contributed by atoms with Crippen LogP contribution in [0.15, 0.2) is 109 Å². The molecule has 16 heteroatoms. The molecule has 0 unspecified atom stereocenters. The van der Waals surface area contributed by atoms with E-state index in [-0.39, 0.29) is 0 Å². The van der Waals surface area contributed by atoms with Crippen LogP contribution in [0.2, 0.25) is 0 Å². The summed E-state index contributed by atoms with van der Waals surface area (Å²) in [6, 6.07) is 34.2. The van der Waals surface area contributed by atoms with Crippen LogP contribution >= 0.6 is 15.9 Å². The summed E-state index contributed by atoms with van der Waals surface area (Å²) in [5.74, 6) is -1.25. The molecule has 3 aromatic heterocycles. The molecule has 0 bridgehead atoms. The standard InChI is InChI=1S/2C14H16N2O3.C11H10N2O2.C3H7BrO/c1-18-9-8-16-13(11-6-4-3-5-7-11)10-12(15-16)14(17)19-2;1-18-9-8-16-13(14(17)19-2)10-12(15-16)11-6-4-3-5-7-11;1-15-11(14)10-7-9(12-13-10)8-5-3-2-4-6-8;1-5-3-2-4/h2*3-7,10H,8-9H2,1-2H3;2-7H,1H3,(H,12,13);2-3H2,1H3. The van der Waals surface area contributed by atoms with Crippen LogP contribution in [0.25, 0.3) is 33.8 Å². The molecule has 15 nitrogen and oxygen atoms in total.